The molecule has 1 aromatic heterocycles. The zero-order chi connectivity index (χ0) is 26.8. The van der Waals surface area contributed by atoms with E-state index in [-0.39, 0.29) is 18.8 Å². The van der Waals surface area contributed by atoms with Gasteiger partial charge >= 0.3 is 5.97 Å². The van der Waals surface area contributed by atoms with Crippen molar-refractivity contribution in [3.8, 4) is 28.8 Å². The minimum absolute atomic E-state index is 0.0172. The van der Waals surface area contributed by atoms with E-state index in [4.69, 9.17) is 14.2 Å². The van der Waals surface area contributed by atoms with E-state index in [0.29, 0.717) is 34.7 Å². The highest BCUT2D eigenvalue weighted by Crippen LogP contribution is 2.28. The zero-order valence-electron chi connectivity index (χ0n) is 21.7. The van der Waals surface area contributed by atoms with Crippen molar-refractivity contribution in [1.82, 2.24) is 10.3 Å². The summed E-state index contributed by atoms with van der Waals surface area (Å²) >= 11 is 0. The molecule has 1 heterocycles. The average molecular weight is 504 g/mol. The normalized spacial score (nSPS) is 11.9. The Morgan fingerprint density at radius 2 is 1.95 bits per heavy atom. The lowest BCUT2D eigenvalue weighted by Gasteiger charge is -2.28. The summed E-state index contributed by atoms with van der Waals surface area (Å²) < 4.78 is 16.2. The largest absolute Gasteiger partial charge is 0.497 e. The molecular formula is C29H33N3O5. The SMILES string of the molecule is CCOC(=O)c1cccnc1-c1ccc(C#N)c(OC[C@H](O)CNC(C)(C)Cc2ccc(OC)cc2)c1. The molecule has 3 aromatic rings. The van der Waals surface area contributed by atoms with Crippen LogP contribution in [0.3, 0.4) is 0 Å². The maximum Gasteiger partial charge on any atom is 0.340 e. The lowest BCUT2D eigenvalue weighted by Crippen LogP contribution is -2.46. The molecule has 8 heteroatoms. The number of nitrogens with zero attached hydrogens (tertiary/aromatic N) is 2. The number of hydrogen-bond acceptors (Lipinski definition) is 8. The van der Waals surface area contributed by atoms with Crippen LogP contribution in [0.4, 0.5) is 0 Å². The van der Waals surface area contributed by atoms with Crippen LogP contribution in [0.5, 0.6) is 11.5 Å². The van der Waals surface area contributed by atoms with Crippen LogP contribution in [0.1, 0.15) is 42.3 Å². The number of aliphatic hydroxyl groups excluding tert-OH is 1. The Morgan fingerprint density at radius 1 is 1.19 bits per heavy atom. The van der Waals surface area contributed by atoms with E-state index < -0.39 is 12.1 Å². The number of ether oxygens (including phenoxy) is 3. The molecule has 2 N–H and O–H groups in total. The van der Waals surface area contributed by atoms with Gasteiger partial charge in [0, 0.05) is 23.8 Å². The number of benzene rings is 2. The van der Waals surface area contributed by atoms with Crippen LogP contribution in [0.25, 0.3) is 11.3 Å². The third-order valence-electron chi connectivity index (χ3n) is 5.73. The van der Waals surface area contributed by atoms with Gasteiger partial charge in [0.1, 0.15) is 30.3 Å². The van der Waals surface area contributed by atoms with E-state index in [1.807, 2.05) is 24.3 Å². The Balaban J connectivity index is 1.64. The van der Waals surface area contributed by atoms with Crippen molar-refractivity contribution in [2.75, 3.05) is 26.9 Å². The second-order valence-electron chi connectivity index (χ2n) is 9.20. The van der Waals surface area contributed by atoms with E-state index in [2.05, 4.69) is 30.2 Å². The molecule has 0 aliphatic carbocycles. The molecule has 8 nitrogen and oxygen atoms in total. The van der Waals surface area contributed by atoms with Crippen LogP contribution < -0.4 is 14.8 Å². The summed E-state index contributed by atoms with van der Waals surface area (Å²) in [6.45, 7) is 6.40. The third kappa shape index (κ3) is 7.78. The molecular weight excluding hydrogens is 470 g/mol. The number of methoxy groups -OCH3 is 1. The quantitative estimate of drug-likeness (QED) is 0.354. The summed E-state index contributed by atoms with van der Waals surface area (Å²) in [5, 5.41) is 23.5. The van der Waals surface area contributed by atoms with Crippen molar-refractivity contribution in [1.29, 1.82) is 5.26 Å². The smallest absolute Gasteiger partial charge is 0.340 e. The lowest BCUT2D eigenvalue weighted by molar-refractivity contribution is 0.0527. The summed E-state index contributed by atoms with van der Waals surface area (Å²) in [6, 6.07) is 18.3. The highest BCUT2D eigenvalue weighted by molar-refractivity contribution is 5.96. The van der Waals surface area contributed by atoms with Crippen molar-refractivity contribution in [3.63, 3.8) is 0 Å². The van der Waals surface area contributed by atoms with E-state index in [1.165, 1.54) is 0 Å². The molecule has 0 unspecified atom stereocenters. The van der Waals surface area contributed by atoms with Gasteiger partial charge in [-0.1, -0.05) is 18.2 Å². The molecule has 37 heavy (non-hydrogen) atoms. The second-order valence-corrected chi connectivity index (χ2v) is 9.20. The Hall–Kier alpha value is -3.93. The van der Waals surface area contributed by atoms with Gasteiger partial charge in [0.2, 0.25) is 0 Å². The van der Waals surface area contributed by atoms with Crippen molar-refractivity contribution in [3.05, 3.63) is 77.5 Å². The Labute approximate surface area is 217 Å². The van der Waals surface area contributed by atoms with Gasteiger partial charge in [0.05, 0.1) is 30.5 Å². The Kier molecular flexibility index (Phi) is 9.61. The van der Waals surface area contributed by atoms with Crippen LogP contribution in [-0.4, -0.2) is 54.6 Å². The first-order valence-corrected chi connectivity index (χ1v) is 12.1. The van der Waals surface area contributed by atoms with E-state index in [1.54, 1.807) is 50.6 Å². The lowest BCUT2D eigenvalue weighted by atomic mass is 9.94. The van der Waals surface area contributed by atoms with E-state index >= 15 is 0 Å². The first-order valence-electron chi connectivity index (χ1n) is 12.1. The molecule has 194 valence electrons. The predicted octanol–water partition coefficient (Wildman–Crippen LogP) is 4.16. The average Bonchev–Trinajstić information content (AvgIpc) is 2.91. The molecule has 2 aromatic carbocycles. The Bertz CT molecular complexity index is 1240. The van der Waals surface area contributed by atoms with E-state index in [0.717, 1.165) is 17.7 Å². The number of rotatable bonds is 12. The first kappa shape index (κ1) is 27.7. The molecule has 0 saturated carbocycles. The number of pyridine rings is 1. The molecule has 0 aliphatic rings. The predicted molar refractivity (Wildman–Crippen MR) is 141 cm³/mol. The number of aromatic nitrogens is 1. The van der Waals surface area contributed by atoms with Crippen molar-refractivity contribution >= 4 is 5.97 Å². The number of carbonyl (C=O) groups excluding carboxylic acids is 1. The highest BCUT2D eigenvalue weighted by atomic mass is 16.5. The molecule has 0 radical (unpaired) electrons. The summed E-state index contributed by atoms with van der Waals surface area (Å²) in [4.78, 5) is 16.7. The summed E-state index contributed by atoms with van der Waals surface area (Å²) in [6.07, 6.45) is 1.54. The Morgan fingerprint density at radius 3 is 2.62 bits per heavy atom. The van der Waals surface area contributed by atoms with Gasteiger partial charge in [0.25, 0.3) is 0 Å². The number of aliphatic hydroxyl groups is 1. The van der Waals surface area contributed by atoms with Crippen LogP contribution in [0, 0.1) is 11.3 Å². The number of carbonyl (C=O) groups is 1. The van der Waals surface area contributed by atoms with Gasteiger partial charge in [-0.05, 0) is 69.2 Å². The number of hydrogen-bond donors (Lipinski definition) is 2. The number of esters is 1. The van der Waals surface area contributed by atoms with Crippen LogP contribution in [-0.2, 0) is 11.2 Å². The molecule has 1 atom stereocenters. The number of nitriles is 1. The standard InChI is InChI=1S/C29H33N3O5/c1-5-36-28(34)25-7-6-14-31-27(25)21-10-11-22(17-30)26(15-21)37-19-23(33)18-32-29(2,3)16-20-8-12-24(35-4)13-9-20/h6-15,23,32-33H,5,16,18-19H2,1-4H3/t23-/m1/s1. The molecule has 0 saturated heterocycles. The summed E-state index contributed by atoms with van der Waals surface area (Å²) in [5.74, 6) is 0.635. The van der Waals surface area contributed by atoms with Gasteiger partial charge in [-0.15, -0.1) is 0 Å². The van der Waals surface area contributed by atoms with Gasteiger partial charge in [0.15, 0.2) is 0 Å². The van der Waals surface area contributed by atoms with Crippen LogP contribution in [0.2, 0.25) is 0 Å². The summed E-state index contributed by atoms with van der Waals surface area (Å²) in [5.41, 5.74) is 2.55. The van der Waals surface area contributed by atoms with E-state index in [9.17, 15) is 15.2 Å². The van der Waals surface area contributed by atoms with Gasteiger partial charge < -0.3 is 24.6 Å². The zero-order valence-corrected chi connectivity index (χ0v) is 21.7. The minimum atomic E-state index is -0.810. The van der Waals surface area contributed by atoms with Crippen molar-refractivity contribution < 1.29 is 24.1 Å². The van der Waals surface area contributed by atoms with Gasteiger partial charge in [-0.2, -0.15) is 5.26 Å². The van der Waals surface area contributed by atoms with Crippen LogP contribution >= 0.6 is 0 Å². The number of β-amino-alcohol motifs (C(OH)–C–C–N with tert-alkyl or cyclic N) is 1. The second kappa shape index (κ2) is 12.9. The maximum atomic E-state index is 12.4. The van der Waals surface area contributed by atoms with Crippen molar-refractivity contribution in [2.24, 2.45) is 0 Å². The molecule has 3 rings (SSSR count). The molecule has 0 spiro atoms. The molecule has 0 bridgehead atoms. The first-order chi connectivity index (χ1) is 17.8. The fraction of sp³-hybridized carbons (Fsp3) is 0.345. The maximum absolute atomic E-state index is 12.4. The topological polar surface area (TPSA) is 114 Å². The number of nitrogens with one attached hydrogen (secondary N) is 1. The molecule has 0 fully saturated rings. The van der Waals surface area contributed by atoms with Crippen molar-refractivity contribution in [2.45, 2.75) is 38.8 Å². The molecule has 0 amide bonds. The molecule has 0 aliphatic heterocycles. The monoisotopic (exact) mass is 503 g/mol. The van der Waals surface area contributed by atoms with Crippen LogP contribution in [0.15, 0.2) is 60.8 Å². The third-order valence-corrected chi connectivity index (χ3v) is 5.73. The highest BCUT2D eigenvalue weighted by Gasteiger charge is 2.21. The van der Waals surface area contributed by atoms with Gasteiger partial charge in [-0.25, -0.2) is 4.79 Å². The minimum Gasteiger partial charge on any atom is -0.497 e. The van der Waals surface area contributed by atoms with Gasteiger partial charge in [-0.3, -0.25) is 4.98 Å². The summed E-state index contributed by atoms with van der Waals surface area (Å²) in [7, 11) is 1.64. The fourth-order valence-corrected chi connectivity index (χ4v) is 3.85. The fourth-order valence-electron chi connectivity index (χ4n) is 3.85.